The molecule has 100 valence electrons. The van der Waals surface area contributed by atoms with Gasteiger partial charge in [-0.25, -0.2) is 0 Å². The van der Waals surface area contributed by atoms with Gasteiger partial charge in [0.25, 0.3) is 0 Å². The quantitative estimate of drug-likeness (QED) is 0.623. The third-order valence-electron chi connectivity index (χ3n) is 2.44. The van der Waals surface area contributed by atoms with Crippen molar-refractivity contribution in [2.45, 2.75) is 26.7 Å². The number of aldehydes is 1. The molecule has 1 rings (SSSR count). The Morgan fingerprint density at radius 1 is 1.28 bits per heavy atom. The molecule has 3 heteroatoms. The largest absolute Gasteiger partial charge is 0.489 e. The molecule has 0 saturated carbocycles. The highest BCUT2D eigenvalue weighted by Gasteiger charge is 2.03. The molecule has 0 radical (unpaired) electrons. The van der Waals surface area contributed by atoms with Gasteiger partial charge >= 0.3 is 0 Å². The van der Waals surface area contributed by atoms with Crippen molar-refractivity contribution in [1.29, 1.82) is 0 Å². The van der Waals surface area contributed by atoms with E-state index >= 15 is 0 Å². The molecule has 0 aliphatic heterocycles. The summed E-state index contributed by atoms with van der Waals surface area (Å²) in [6, 6.07) is 5.81. The number of aliphatic hydroxyl groups is 1. The van der Waals surface area contributed by atoms with Gasteiger partial charge in [0.1, 0.15) is 18.6 Å². The molecule has 1 N–H and O–H groups in total. The minimum absolute atomic E-state index is 0.452. The molecule has 0 bridgehead atoms. The molecule has 3 nitrogen and oxygen atoms in total. The number of benzene rings is 1. The van der Waals surface area contributed by atoms with Gasteiger partial charge in [-0.05, 0) is 30.5 Å². The summed E-state index contributed by atoms with van der Waals surface area (Å²) in [5.74, 6) is 0.861. The second kappa shape index (κ2) is 10.5. The van der Waals surface area contributed by atoms with E-state index in [1.165, 1.54) is 0 Å². The average molecular weight is 250 g/mol. The number of rotatable bonds is 6. The number of hydrogen-bond acceptors (Lipinski definition) is 3. The Hall–Kier alpha value is -1.61. The number of carbonyl (C=O) groups is 1. The Labute approximate surface area is 109 Å². The summed E-state index contributed by atoms with van der Waals surface area (Å²) < 4.78 is 5.62. The van der Waals surface area contributed by atoms with Gasteiger partial charge in [0.05, 0.1) is 0 Å². The summed E-state index contributed by atoms with van der Waals surface area (Å²) in [5.41, 5.74) is 2.09. The van der Waals surface area contributed by atoms with Crippen LogP contribution in [0, 0.1) is 6.92 Å². The number of aliphatic hydroxyl groups excluding tert-OH is 1. The zero-order valence-corrected chi connectivity index (χ0v) is 11.3. The molecule has 0 aliphatic carbocycles. The molecule has 0 spiro atoms. The van der Waals surface area contributed by atoms with E-state index < -0.39 is 0 Å². The van der Waals surface area contributed by atoms with Crippen molar-refractivity contribution < 1.29 is 14.6 Å². The van der Waals surface area contributed by atoms with E-state index in [4.69, 9.17) is 9.84 Å². The van der Waals surface area contributed by atoms with Crippen molar-refractivity contribution in [2.75, 3.05) is 13.7 Å². The minimum Gasteiger partial charge on any atom is -0.489 e. The first kappa shape index (κ1) is 16.4. The molecule has 0 aromatic heterocycles. The van der Waals surface area contributed by atoms with Gasteiger partial charge in [-0.15, -0.1) is 0 Å². The zero-order valence-electron chi connectivity index (χ0n) is 11.3. The fourth-order valence-electron chi connectivity index (χ4n) is 1.50. The van der Waals surface area contributed by atoms with E-state index in [2.05, 4.69) is 13.0 Å². The highest BCUT2D eigenvalue weighted by Crippen LogP contribution is 2.21. The van der Waals surface area contributed by atoms with Crippen LogP contribution >= 0.6 is 0 Å². The fourth-order valence-corrected chi connectivity index (χ4v) is 1.50. The molecule has 0 fully saturated rings. The van der Waals surface area contributed by atoms with Gasteiger partial charge in [-0.3, -0.25) is 0 Å². The number of carbonyl (C=O) groups excluding carboxylic acids is 1. The van der Waals surface area contributed by atoms with Gasteiger partial charge in [-0.2, -0.15) is 0 Å². The van der Waals surface area contributed by atoms with E-state index in [0.29, 0.717) is 13.0 Å². The van der Waals surface area contributed by atoms with E-state index in [1.807, 2.05) is 31.2 Å². The van der Waals surface area contributed by atoms with Gasteiger partial charge in [0, 0.05) is 13.5 Å². The zero-order chi connectivity index (χ0) is 13.8. The van der Waals surface area contributed by atoms with E-state index in [-0.39, 0.29) is 0 Å². The molecular weight excluding hydrogens is 228 g/mol. The molecule has 18 heavy (non-hydrogen) atoms. The van der Waals surface area contributed by atoms with E-state index in [9.17, 15) is 4.79 Å². The molecule has 0 heterocycles. The number of ether oxygens (including phenoxy) is 1. The van der Waals surface area contributed by atoms with Crippen LogP contribution in [0.4, 0.5) is 0 Å². The smallest absolute Gasteiger partial charge is 0.124 e. The second-order valence-electron chi connectivity index (χ2n) is 3.60. The first-order valence-electron chi connectivity index (χ1n) is 6.04. The molecule has 0 saturated heterocycles. The maximum atomic E-state index is 10.5. The van der Waals surface area contributed by atoms with Crippen LogP contribution in [0.25, 0.3) is 0 Å². The monoisotopic (exact) mass is 250 g/mol. The van der Waals surface area contributed by atoms with Crippen LogP contribution in [0.1, 0.15) is 24.5 Å². The predicted octanol–water partition coefficient (Wildman–Crippen LogP) is 2.69. The van der Waals surface area contributed by atoms with Gasteiger partial charge < -0.3 is 14.6 Å². The lowest BCUT2D eigenvalue weighted by Gasteiger charge is -2.09. The van der Waals surface area contributed by atoms with Crippen molar-refractivity contribution in [2.24, 2.45) is 0 Å². The van der Waals surface area contributed by atoms with Crippen LogP contribution in [0.15, 0.2) is 30.4 Å². The second-order valence-corrected chi connectivity index (χ2v) is 3.60. The molecule has 0 unspecified atom stereocenters. The minimum atomic E-state index is 0.452. The molecule has 1 aromatic carbocycles. The summed E-state index contributed by atoms with van der Waals surface area (Å²) in [7, 11) is 1.00. The van der Waals surface area contributed by atoms with Crippen molar-refractivity contribution in [3.63, 3.8) is 0 Å². The summed E-state index contributed by atoms with van der Waals surface area (Å²) >= 11 is 0. The third-order valence-corrected chi connectivity index (χ3v) is 2.44. The van der Waals surface area contributed by atoms with Gasteiger partial charge in [-0.1, -0.05) is 31.2 Å². The van der Waals surface area contributed by atoms with Gasteiger partial charge in [0.2, 0.25) is 0 Å². The van der Waals surface area contributed by atoms with Crippen LogP contribution in [-0.2, 0) is 11.2 Å². The Morgan fingerprint density at radius 2 is 2.00 bits per heavy atom. The van der Waals surface area contributed by atoms with E-state index in [0.717, 1.165) is 36.7 Å². The molecular formula is C15H22O3. The maximum absolute atomic E-state index is 10.5. The van der Waals surface area contributed by atoms with Crippen LogP contribution < -0.4 is 4.74 Å². The molecule has 0 atom stereocenters. The SMILES string of the molecule is CC/C=C\COc1cccc(CC=O)c1C.CO. The van der Waals surface area contributed by atoms with Crippen molar-refractivity contribution in [3.05, 3.63) is 41.5 Å². The average Bonchev–Trinajstić information content (AvgIpc) is 2.41. The van der Waals surface area contributed by atoms with Crippen molar-refractivity contribution in [3.8, 4) is 5.75 Å². The van der Waals surface area contributed by atoms with Crippen LogP contribution in [-0.4, -0.2) is 25.1 Å². The van der Waals surface area contributed by atoms with Crippen LogP contribution in [0.2, 0.25) is 0 Å². The summed E-state index contributed by atoms with van der Waals surface area (Å²) in [6.45, 7) is 4.66. The predicted molar refractivity (Wildman–Crippen MR) is 74.0 cm³/mol. The summed E-state index contributed by atoms with van der Waals surface area (Å²) in [5, 5.41) is 7.00. The lowest BCUT2D eigenvalue weighted by molar-refractivity contribution is -0.107. The lowest BCUT2D eigenvalue weighted by Crippen LogP contribution is -1.98. The van der Waals surface area contributed by atoms with Crippen LogP contribution in [0.5, 0.6) is 5.75 Å². The maximum Gasteiger partial charge on any atom is 0.124 e. The summed E-state index contributed by atoms with van der Waals surface area (Å²) in [6.07, 6.45) is 6.47. The molecule has 0 aliphatic rings. The Kier molecular flexibility index (Phi) is 9.60. The Morgan fingerprint density at radius 3 is 2.61 bits per heavy atom. The first-order valence-corrected chi connectivity index (χ1v) is 6.04. The van der Waals surface area contributed by atoms with Crippen molar-refractivity contribution >= 4 is 6.29 Å². The fraction of sp³-hybridized carbons (Fsp3) is 0.400. The number of allylic oxidation sites excluding steroid dienone is 1. The standard InChI is InChI=1S/C14H18O2.CH4O/c1-3-4-5-11-16-14-8-6-7-13(9-10-15)12(14)2;1-2/h4-8,10H,3,9,11H2,1-2H3;2H,1H3/b5-4-;. The normalized spacial score (nSPS) is 9.78. The molecule has 0 amide bonds. The number of hydrogen-bond donors (Lipinski definition) is 1. The highest BCUT2D eigenvalue weighted by atomic mass is 16.5. The van der Waals surface area contributed by atoms with Gasteiger partial charge in [0.15, 0.2) is 0 Å². The van der Waals surface area contributed by atoms with Crippen LogP contribution in [0.3, 0.4) is 0 Å². The summed E-state index contributed by atoms with van der Waals surface area (Å²) in [4.78, 5) is 10.5. The topological polar surface area (TPSA) is 46.5 Å². The molecule has 1 aromatic rings. The first-order chi connectivity index (χ1) is 8.79. The van der Waals surface area contributed by atoms with E-state index in [1.54, 1.807) is 0 Å². The Bertz CT molecular complexity index is 370. The third kappa shape index (κ3) is 5.64. The lowest BCUT2D eigenvalue weighted by atomic mass is 10.1. The highest BCUT2D eigenvalue weighted by molar-refractivity contribution is 5.57. The Balaban J connectivity index is 0.00000137. The van der Waals surface area contributed by atoms with Crippen molar-refractivity contribution in [1.82, 2.24) is 0 Å².